The number of aryl methyl sites for hydroxylation is 1. The zero-order valence-corrected chi connectivity index (χ0v) is 23.6. The molecule has 1 fully saturated rings. The number of nitrogens with two attached hydrogens (primary N) is 1. The second-order valence-corrected chi connectivity index (χ2v) is 11.3. The van der Waals surface area contributed by atoms with Gasteiger partial charge in [0.15, 0.2) is 17.1 Å². The van der Waals surface area contributed by atoms with E-state index in [4.69, 9.17) is 10.5 Å². The van der Waals surface area contributed by atoms with Gasteiger partial charge in [0.05, 0.1) is 24.5 Å². The normalized spacial score (nSPS) is 15.7. The zero-order valence-electron chi connectivity index (χ0n) is 22.8. The number of fused-ring (bicyclic) bond motifs is 3. The van der Waals surface area contributed by atoms with Crippen molar-refractivity contribution in [1.82, 2.24) is 19.3 Å². The van der Waals surface area contributed by atoms with Gasteiger partial charge in [-0.1, -0.05) is 0 Å². The van der Waals surface area contributed by atoms with Crippen LogP contribution in [0.15, 0.2) is 59.0 Å². The van der Waals surface area contributed by atoms with Crippen LogP contribution in [0.4, 0.5) is 20.3 Å². The molecule has 4 aromatic heterocycles. The number of ether oxygens (including phenoxy) is 1. The molecule has 1 atom stereocenters. The zero-order chi connectivity index (χ0) is 28.7. The number of benzene rings is 1. The molecule has 1 aliphatic rings. The van der Waals surface area contributed by atoms with Gasteiger partial charge in [0.1, 0.15) is 10.6 Å². The highest BCUT2D eigenvalue weighted by atomic mass is 32.1. The summed E-state index contributed by atoms with van der Waals surface area (Å²) in [6.45, 7) is 4.40. The average Bonchev–Trinajstić information content (AvgIpc) is 3.37. The van der Waals surface area contributed by atoms with E-state index in [1.54, 1.807) is 25.6 Å². The van der Waals surface area contributed by atoms with Crippen LogP contribution in [-0.4, -0.2) is 45.5 Å². The number of hydrogen-bond donors (Lipinski definition) is 1. The number of methoxy groups -OCH3 is 1. The summed E-state index contributed by atoms with van der Waals surface area (Å²) in [4.78, 5) is 27.8. The Hall–Kier alpha value is -4.09. The molecule has 5 heterocycles. The number of nitrogens with zero attached hydrogens (tertiary/aromatic N) is 5. The predicted octanol–water partition coefficient (Wildman–Crippen LogP) is 5.15. The summed E-state index contributed by atoms with van der Waals surface area (Å²) >= 11 is 1.44. The molecule has 5 aromatic rings. The summed E-state index contributed by atoms with van der Waals surface area (Å²) in [6.07, 6.45) is 5.39. The number of rotatable bonds is 7. The standard InChI is InChI=1S/C30H30F2N6O2S/c1-18-17-41-30-23(29(39)22-11-24(31)25(32)12-26(22)38(18)30)16-37(14-19-7-8-34-28(10-19)40-2)21-4-3-9-36(15-21)20-5-6-27(33)35-13-20/h5-8,10-13,17,21H,3-4,9,14-16H2,1-2H3,(H2,33,35)/t21-/m0/s1. The maximum atomic E-state index is 14.4. The van der Waals surface area contributed by atoms with Crippen molar-refractivity contribution in [3.8, 4) is 5.88 Å². The van der Waals surface area contributed by atoms with Gasteiger partial charge < -0.3 is 19.8 Å². The van der Waals surface area contributed by atoms with Crippen LogP contribution in [0.5, 0.6) is 5.88 Å². The summed E-state index contributed by atoms with van der Waals surface area (Å²) in [6, 6.07) is 9.85. The quantitative estimate of drug-likeness (QED) is 0.287. The van der Waals surface area contributed by atoms with E-state index in [0.717, 1.165) is 59.8 Å². The Kier molecular flexibility index (Phi) is 7.31. The molecule has 1 aliphatic heterocycles. The SMILES string of the molecule is COc1cc(CN(Cc2c(=O)c3cc(F)c(F)cc3n3c(C)csc23)[C@H]2CCCN(c3ccc(N)nc3)C2)ccn1. The highest BCUT2D eigenvalue weighted by molar-refractivity contribution is 7.15. The smallest absolute Gasteiger partial charge is 0.213 e. The lowest BCUT2D eigenvalue weighted by atomic mass is 10.0. The largest absolute Gasteiger partial charge is 0.481 e. The summed E-state index contributed by atoms with van der Waals surface area (Å²) in [5.74, 6) is -1.02. The highest BCUT2D eigenvalue weighted by Crippen LogP contribution is 2.30. The number of aromatic nitrogens is 3. The minimum atomic E-state index is -1.03. The molecular formula is C30H30F2N6O2S. The minimum absolute atomic E-state index is 0.0987. The molecule has 1 aromatic carbocycles. The second-order valence-electron chi connectivity index (χ2n) is 10.4. The molecule has 0 amide bonds. The molecule has 0 unspecified atom stereocenters. The van der Waals surface area contributed by atoms with Crippen molar-refractivity contribution in [3.63, 3.8) is 0 Å². The van der Waals surface area contributed by atoms with Gasteiger partial charge in [-0.25, -0.2) is 18.7 Å². The summed E-state index contributed by atoms with van der Waals surface area (Å²) in [5.41, 5.74) is 9.31. The minimum Gasteiger partial charge on any atom is -0.481 e. The van der Waals surface area contributed by atoms with E-state index in [2.05, 4.69) is 19.8 Å². The van der Waals surface area contributed by atoms with Gasteiger partial charge in [-0.05, 0) is 49.6 Å². The van der Waals surface area contributed by atoms with Crippen molar-refractivity contribution >= 4 is 38.6 Å². The molecule has 0 saturated carbocycles. The van der Waals surface area contributed by atoms with E-state index in [1.165, 1.54) is 11.3 Å². The number of nitrogen functional groups attached to an aromatic ring is 1. The number of hydrogen-bond acceptors (Lipinski definition) is 8. The molecule has 2 N–H and O–H groups in total. The Morgan fingerprint density at radius 1 is 1.15 bits per heavy atom. The van der Waals surface area contributed by atoms with E-state index >= 15 is 0 Å². The molecule has 0 spiro atoms. The number of halogens is 2. The molecule has 0 aliphatic carbocycles. The summed E-state index contributed by atoms with van der Waals surface area (Å²) in [5, 5.41) is 2.11. The third kappa shape index (κ3) is 5.22. The first kappa shape index (κ1) is 27.1. The molecule has 0 bridgehead atoms. The monoisotopic (exact) mass is 576 g/mol. The van der Waals surface area contributed by atoms with Crippen LogP contribution in [0.2, 0.25) is 0 Å². The van der Waals surface area contributed by atoms with Crippen molar-refractivity contribution in [2.75, 3.05) is 30.8 Å². The maximum Gasteiger partial charge on any atom is 0.213 e. The number of pyridine rings is 3. The first-order chi connectivity index (χ1) is 19.8. The fourth-order valence-electron chi connectivity index (χ4n) is 5.70. The van der Waals surface area contributed by atoms with Crippen molar-refractivity contribution in [1.29, 1.82) is 0 Å². The Labute approximate surface area is 239 Å². The van der Waals surface area contributed by atoms with Crippen LogP contribution in [0.1, 0.15) is 29.7 Å². The molecule has 11 heteroatoms. The Balaban J connectivity index is 1.43. The molecule has 8 nitrogen and oxygen atoms in total. The second kappa shape index (κ2) is 11.1. The van der Waals surface area contributed by atoms with Gasteiger partial charge in [-0.2, -0.15) is 0 Å². The van der Waals surface area contributed by atoms with E-state index < -0.39 is 11.6 Å². The lowest BCUT2D eigenvalue weighted by molar-refractivity contribution is 0.158. The Morgan fingerprint density at radius 3 is 2.76 bits per heavy atom. The maximum absolute atomic E-state index is 14.4. The first-order valence-electron chi connectivity index (χ1n) is 13.4. The Bertz CT molecular complexity index is 1790. The van der Waals surface area contributed by atoms with Crippen LogP contribution in [-0.2, 0) is 13.1 Å². The Morgan fingerprint density at radius 2 is 1.98 bits per heavy atom. The lowest BCUT2D eigenvalue weighted by Crippen LogP contribution is -2.48. The lowest BCUT2D eigenvalue weighted by Gasteiger charge is -2.40. The fourth-order valence-corrected chi connectivity index (χ4v) is 6.73. The fraction of sp³-hybridized carbons (Fsp3) is 0.300. The third-order valence-electron chi connectivity index (χ3n) is 7.76. The van der Waals surface area contributed by atoms with Gasteiger partial charge >= 0.3 is 0 Å². The van der Waals surface area contributed by atoms with Gasteiger partial charge in [0.2, 0.25) is 5.88 Å². The van der Waals surface area contributed by atoms with Crippen LogP contribution >= 0.6 is 11.3 Å². The van der Waals surface area contributed by atoms with Crippen LogP contribution < -0.4 is 20.8 Å². The average molecular weight is 577 g/mol. The van der Waals surface area contributed by atoms with Crippen molar-refractivity contribution in [3.05, 3.63) is 92.9 Å². The molecular weight excluding hydrogens is 546 g/mol. The van der Waals surface area contributed by atoms with Gasteiger partial charge in [-0.15, -0.1) is 11.3 Å². The number of thiazole rings is 1. The third-order valence-corrected chi connectivity index (χ3v) is 8.87. The van der Waals surface area contributed by atoms with Crippen LogP contribution in [0, 0.1) is 18.6 Å². The summed E-state index contributed by atoms with van der Waals surface area (Å²) in [7, 11) is 1.58. The van der Waals surface area contributed by atoms with E-state index in [1.807, 2.05) is 34.9 Å². The molecule has 212 valence electrons. The van der Waals surface area contributed by atoms with Crippen molar-refractivity contribution in [2.24, 2.45) is 0 Å². The predicted molar refractivity (Wildman–Crippen MR) is 158 cm³/mol. The van der Waals surface area contributed by atoms with Crippen LogP contribution in [0.3, 0.4) is 0 Å². The van der Waals surface area contributed by atoms with Gasteiger partial charge in [0.25, 0.3) is 0 Å². The van der Waals surface area contributed by atoms with E-state index in [0.29, 0.717) is 35.9 Å². The number of anilines is 2. The van der Waals surface area contributed by atoms with E-state index in [9.17, 15) is 13.6 Å². The van der Waals surface area contributed by atoms with Crippen molar-refractivity contribution in [2.45, 2.75) is 38.9 Å². The van der Waals surface area contributed by atoms with Gasteiger partial charge in [-0.3, -0.25) is 9.69 Å². The topological polar surface area (TPSA) is 89.0 Å². The highest BCUT2D eigenvalue weighted by Gasteiger charge is 2.28. The first-order valence-corrected chi connectivity index (χ1v) is 14.3. The number of piperidine rings is 1. The summed E-state index contributed by atoms with van der Waals surface area (Å²) < 4.78 is 35.9. The molecule has 41 heavy (non-hydrogen) atoms. The molecule has 6 rings (SSSR count). The molecule has 0 radical (unpaired) electrons. The van der Waals surface area contributed by atoms with E-state index in [-0.39, 0.29) is 16.9 Å². The van der Waals surface area contributed by atoms with Crippen LogP contribution in [0.25, 0.3) is 15.7 Å². The van der Waals surface area contributed by atoms with Crippen molar-refractivity contribution < 1.29 is 13.5 Å². The molecule has 1 saturated heterocycles. The van der Waals surface area contributed by atoms with Gasteiger partial charge in [0, 0.05) is 72.6 Å².